The molecular weight excluding hydrogens is 260 g/mol. The van der Waals surface area contributed by atoms with Gasteiger partial charge in [-0.3, -0.25) is 4.90 Å². The average molecular weight is 284 g/mol. The number of imidazole rings is 1. The predicted octanol–water partition coefficient (Wildman–Crippen LogP) is 2.28. The fourth-order valence-corrected chi connectivity index (χ4v) is 2.98. The van der Waals surface area contributed by atoms with Crippen LogP contribution in [0.2, 0.25) is 0 Å². The van der Waals surface area contributed by atoms with Crippen molar-refractivity contribution in [2.75, 3.05) is 20.1 Å². The number of aromatic nitrogens is 2. The van der Waals surface area contributed by atoms with Gasteiger partial charge >= 0.3 is 0 Å². The molecule has 0 amide bonds. The fraction of sp³-hybridized carbons (Fsp3) is 0.471. The molecule has 0 saturated carbocycles. The first kappa shape index (κ1) is 14.3. The number of aryl methyl sites for hydroxylation is 2. The van der Waals surface area contributed by atoms with E-state index in [4.69, 9.17) is 0 Å². The molecule has 1 unspecified atom stereocenters. The van der Waals surface area contributed by atoms with Gasteiger partial charge in [0.25, 0.3) is 0 Å². The van der Waals surface area contributed by atoms with Crippen LogP contribution in [-0.4, -0.2) is 34.6 Å². The van der Waals surface area contributed by atoms with Crippen molar-refractivity contribution < 1.29 is 0 Å². The van der Waals surface area contributed by atoms with Crippen LogP contribution in [0.25, 0.3) is 0 Å². The first-order valence-electron chi connectivity index (χ1n) is 7.64. The maximum absolute atomic E-state index is 4.44. The molecular formula is C17H24N4. The molecule has 0 fully saturated rings. The average Bonchev–Trinajstić information content (AvgIpc) is 2.95. The summed E-state index contributed by atoms with van der Waals surface area (Å²) in [4.78, 5) is 6.92. The van der Waals surface area contributed by atoms with Gasteiger partial charge in [-0.05, 0) is 37.6 Å². The van der Waals surface area contributed by atoms with Crippen LogP contribution in [0.15, 0.2) is 30.6 Å². The molecule has 4 nitrogen and oxygen atoms in total. The number of likely N-dealkylation sites (N-methyl/N-ethyl adjacent to an activating group) is 1. The highest BCUT2D eigenvalue weighted by atomic mass is 15.2. The zero-order valence-electron chi connectivity index (χ0n) is 13.1. The van der Waals surface area contributed by atoms with E-state index in [1.807, 2.05) is 13.2 Å². The second-order valence-electron chi connectivity index (χ2n) is 5.96. The molecule has 4 heteroatoms. The number of nitrogens with one attached hydrogen (secondary N) is 1. The Balaban J connectivity index is 1.71. The van der Waals surface area contributed by atoms with Gasteiger partial charge in [-0.2, -0.15) is 0 Å². The van der Waals surface area contributed by atoms with Crippen LogP contribution in [0.4, 0.5) is 0 Å². The van der Waals surface area contributed by atoms with Gasteiger partial charge in [0.15, 0.2) is 0 Å². The van der Waals surface area contributed by atoms with Gasteiger partial charge in [0.05, 0.1) is 6.54 Å². The lowest BCUT2D eigenvalue weighted by Crippen LogP contribution is -2.39. The SMILES string of the molecule is CNC(CN1CCn2ccnc2C1)c1ccc(C)c(C)c1. The number of rotatable bonds is 4. The Morgan fingerprint density at radius 2 is 2.10 bits per heavy atom. The molecule has 3 rings (SSSR count). The third-order valence-corrected chi connectivity index (χ3v) is 4.55. The molecule has 1 aromatic carbocycles. The third kappa shape index (κ3) is 3.01. The smallest absolute Gasteiger partial charge is 0.122 e. The van der Waals surface area contributed by atoms with Crippen LogP contribution in [0.3, 0.4) is 0 Å². The van der Waals surface area contributed by atoms with Crippen LogP contribution in [0.5, 0.6) is 0 Å². The summed E-state index contributed by atoms with van der Waals surface area (Å²) in [5.74, 6) is 1.18. The second kappa shape index (κ2) is 6.00. The zero-order valence-corrected chi connectivity index (χ0v) is 13.1. The fourth-order valence-electron chi connectivity index (χ4n) is 2.98. The summed E-state index contributed by atoms with van der Waals surface area (Å²) in [6.45, 7) is 8.44. The molecule has 0 spiro atoms. The molecule has 1 aliphatic rings. The molecule has 2 aromatic rings. The van der Waals surface area contributed by atoms with E-state index in [1.165, 1.54) is 22.5 Å². The topological polar surface area (TPSA) is 33.1 Å². The van der Waals surface area contributed by atoms with Crippen molar-refractivity contribution in [1.82, 2.24) is 19.8 Å². The Bertz CT molecular complexity index is 617. The standard InChI is InChI=1S/C17H24N4/c1-13-4-5-15(10-14(13)2)16(18-3)11-20-8-9-21-7-6-19-17(21)12-20/h4-7,10,16,18H,8-9,11-12H2,1-3H3. The summed E-state index contributed by atoms with van der Waals surface area (Å²) in [5.41, 5.74) is 4.09. The number of hydrogen-bond acceptors (Lipinski definition) is 3. The van der Waals surface area contributed by atoms with Crippen LogP contribution < -0.4 is 5.32 Å². The third-order valence-electron chi connectivity index (χ3n) is 4.55. The van der Waals surface area contributed by atoms with Crippen molar-refractivity contribution in [3.05, 3.63) is 53.1 Å². The van der Waals surface area contributed by atoms with E-state index in [-0.39, 0.29) is 0 Å². The van der Waals surface area contributed by atoms with E-state index in [0.29, 0.717) is 6.04 Å². The Morgan fingerprint density at radius 3 is 2.86 bits per heavy atom. The van der Waals surface area contributed by atoms with Gasteiger partial charge in [-0.1, -0.05) is 18.2 Å². The van der Waals surface area contributed by atoms with E-state index < -0.39 is 0 Å². The largest absolute Gasteiger partial charge is 0.333 e. The van der Waals surface area contributed by atoms with Crippen molar-refractivity contribution in [2.45, 2.75) is 33.0 Å². The van der Waals surface area contributed by atoms with Crippen molar-refractivity contribution in [2.24, 2.45) is 0 Å². The highest BCUT2D eigenvalue weighted by Gasteiger charge is 2.20. The normalized spacial score (nSPS) is 16.7. The van der Waals surface area contributed by atoms with E-state index in [2.05, 4.69) is 58.0 Å². The van der Waals surface area contributed by atoms with Gasteiger partial charge in [0.1, 0.15) is 5.82 Å². The van der Waals surface area contributed by atoms with Gasteiger partial charge in [0.2, 0.25) is 0 Å². The minimum Gasteiger partial charge on any atom is -0.333 e. The Kier molecular flexibility index (Phi) is 4.08. The molecule has 1 N–H and O–H groups in total. The summed E-state index contributed by atoms with van der Waals surface area (Å²) < 4.78 is 2.25. The molecule has 1 aromatic heterocycles. The Hall–Kier alpha value is -1.65. The molecule has 0 radical (unpaired) electrons. The van der Waals surface area contributed by atoms with E-state index in [9.17, 15) is 0 Å². The van der Waals surface area contributed by atoms with Gasteiger partial charge in [-0.25, -0.2) is 4.98 Å². The number of fused-ring (bicyclic) bond motifs is 1. The Morgan fingerprint density at radius 1 is 1.24 bits per heavy atom. The maximum atomic E-state index is 4.44. The van der Waals surface area contributed by atoms with Crippen LogP contribution in [0.1, 0.15) is 28.6 Å². The molecule has 112 valence electrons. The van der Waals surface area contributed by atoms with Crippen LogP contribution >= 0.6 is 0 Å². The van der Waals surface area contributed by atoms with E-state index in [1.54, 1.807) is 0 Å². The quantitative estimate of drug-likeness (QED) is 0.935. The zero-order chi connectivity index (χ0) is 14.8. The summed E-state index contributed by atoms with van der Waals surface area (Å²) in [6.07, 6.45) is 3.98. The first-order valence-corrected chi connectivity index (χ1v) is 7.64. The molecule has 0 aliphatic carbocycles. The van der Waals surface area contributed by atoms with Crippen molar-refractivity contribution >= 4 is 0 Å². The maximum Gasteiger partial charge on any atom is 0.122 e. The number of hydrogen-bond donors (Lipinski definition) is 1. The number of nitrogens with zero attached hydrogens (tertiary/aromatic N) is 3. The molecule has 1 aliphatic heterocycles. The molecule has 2 heterocycles. The highest BCUT2D eigenvalue weighted by Crippen LogP contribution is 2.20. The van der Waals surface area contributed by atoms with Crippen molar-refractivity contribution in [1.29, 1.82) is 0 Å². The van der Waals surface area contributed by atoms with E-state index in [0.717, 1.165) is 26.2 Å². The second-order valence-corrected chi connectivity index (χ2v) is 5.96. The molecule has 0 saturated heterocycles. The Labute approximate surface area is 126 Å². The molecule has 1 atom stereocenters. The van der Waals surface area contributed by atoms with Gasteiger partial charge in [-0.15, -0.1) is 0 Å². The lowest BCUT2D eigenvalue weighted by Gasteiger charge is -2.31. The predicted molar refractivity (Wildman–Crippen MR) is 85.2 cm³/mol. The van der Waals surface area contributed by atoms with Crippen LogP contribution in [0, 0.1) is 13.8 Å². The molecule has 21 heavy (non-hydrogen) atoms. The summed E-state index contributed by atoms with van der Waals surface area (Å²) in [7, 11) is 2.05. The minimum atomic E-state index is 0.366. The molecule has 0 bridgehead atoms. The number of benzene rings is 1. The van der Waals surface area contributed by atoms with Gasteiger partial charge < -0.3 is 9.88 Å². The highest BCUT2D eigenvalue weighted by molar-refractivity contribution is 5.31. The van der Waals surface area contributed by atoms with E-state index >= 15 is 0 Å². The van der Waals surface area contributed by atoms with Crippen LogP contribution in [-0.2, 0) is 13.1 Å². The van der Waals surface area contributed by atoms with Gasteiger partial charge in [0, 0.05) is 38.1 Å². The van der Waals surface area contributed by atoms with Crippen molar-refractivity contribution in [3.63, 3.8) is 0 Å². The summed E-state index contributed by atoms with van der Waals surface area (Å²) in [5, 5.41) is 3.46. The summed E-state index contributed by atoms with van der Waals surface area (Å²) >= 11 is 0. The monoisotopic (exact) mass is 284 g/mol. The lowest BCUT2D eigenvalue weighted by molar-refractivity contribution is 0.197. The minimum absolute atomic E-state index is 0.366. The lowest BCUT2D eigenvalue weighted by atomic mass is 10.0. The summed E-state index contributed by atoms with van der Waals surface area (Å²) in [6, 6.07) is 7.14. The van der Waals surface area contributed by atoms with Crippen molar-refractivity contribution in [3.8, 4) is 0 Å². The first-order chi connectivity index (χ1) is 10.2.